The Labute approximate surface area is 117 Å². The van der Waals surface area contributed by atoms with Gasteiger partial charge in [-0.15, -0.1) is 0 Å². The predicted molar refractivity (Wildman–Crippen MR) is 76.3 cm³/mol. The molecule has 0 amide bonds. The van der Waals surface area contributed by atoms with Gasteiger partial charge in [0.15, 0.2) is 0 Å². The second-order valence-corrected chi connectivity index (χ2v) is 6.07. The van der Waals surface area contributed by atoms with Crippen molar-refractivity contribution in [3.63, 3.8) is 0 Å². The molecule has 3 N–H and O–H groups in total. The average Bonchev–Trinajstić information content (AvgIpc) is 2.43. The number of nitro groups is 1. The highest BCUT2D eigenvalue weighted by molar-refractivity contribution is 7.89. The first-order valence-corrected chi connectivity index (χ1v) is 7.45. The number of hydrogen-bond donors (Lipinski definition) is 2. The Balaban J connectivity index is 3.25. The van der Waals surface area contributed by atoms with E-state index in [2.05, 4.69) is 4.72 Å². The molecule has 0 spiro atoms. The topological polar surface area (TPSA) is 119 Å². The van der Waals surface area contributed by atoms with Crippen LogP contribution in [-0.2, 0) is 10.0 Å². The molecular weight excluding hydrogens is 284 g/mol. The number of nitrogens with zero attached hydrogens (tertiary/aromatic N) is 2. The summed E-state index contributed by atoms with van der Waals surface area (Å²) in [6, 6.07) is 3.83. The maximum atomic E-state index is 11.7. The van der Waals surface area contributed by atoms with Crippen molar-refractivity contribution in [3.05, 3.63) is 28.3 Å². The number of hydrogen-bond acceptors (Lipinski definition) is 6. The summed E-state index contributed by atoms with van der Waals surface area (Å²) in [6.07, 6.45) is 0.685. The molecule has 0 saturated heterocycles. The van der Waals surface area contributed by atoms with Gasteiger partial charge in [-0.05, 0) is 32.1 Å². The van der Waals surface area contributed by atoms with Crippen molar-refractivity contribution in [2.45, 2.75) is 11.3 Å². The lowest BCUT2D eigenvalue weighted by Gasteiger charge is -2.19. The first kappa shape index (κ1) is 16.3. The fraction of sp³-hybridized carbons (Fsp3) is 0.455. The highest BCUT2D eigenvalue weighted by Crippen LogP contribution is 2.30. The molecule has 0 unspecified atom stereocenters. The van der Waals surface area contributed by atoms with Crippen LogP contribution in [0.15, 0.2) is 23.1 Å². The van der Waals surface area contributed by atoms with Crippen molar-refractivity contribution in [2.75, 3.05) is 32.1 Å². The summed E-state index contributed by atoms with van der Waals surface area (Å²) >= 11 is 0. The summed E-state index contributed by atoms with van der Waals surface area (Å²) in [6.45, 7) is 1.03. The molecule has 0 bridgehead atoms. The van der Waals surface area contributed by atoms with Crippen LogP contribution in [0.25, 0.3) is 0 Å². The molecule has 0 aliphatic carbocycles. The van der Waals surface area contributed by atoms with Crippen LogP contribution in [-0.4, -0.2) is 40.5 Å². The summed E-state index contributed by atoms with van der Waals surface area (Å²) in [4.78, 5) is 12.1. The maximum absolute atomic E-state index is 11.7. The molecule has 0 aromatic heterocycles. The fourth-order valence-electron chi connectivity index (χ4n) is 1.71. The van der Waals surface area contributed by atoms with Gasteiger partial charge in [0.2, 0.25) is 10.0 Å². The summed E-state index contributed by atoms with van der Waals surface area (Å²) in [5.74, 6) is 0. The van der Waals surface area contributed by atoms with Crippen LogP contribution < -0.4 is 15.4 Å². The molecule has 1 aromatic carbocycles. The molecule has 1 aromatic rings. The Kier molecular flexibility index (Phi) is 5.43. The zero-order valence-corrected chi connectivity index (χ0v) is 12.2. The Hall–Kier alpha value is -1.71. The summed E-state index contributed by atoms with van der Waals surface area (Å²) in [7, 11) is -0.755. The fourth-order valence-corrected chi connectivity index (χ4v) is 2.46. The van der Waals surface area contributed by atoms with Gasteiger partial charge in [-0.25, -0.2) is 13.1 Å². The van der Waals surface area contributed by atoms with Crippen LogP contribution in [0.5, 0.6) is 0 Å². The lowest BCUT2D eigenvalue weighted by Crippen LogP contribution is -2.23. The van der Waals surface area contributed by atoms with Crippen molar-refractivity contribution >= 4 is 21.4 Å². The zero-order valence-electron chi connectivity index (χ0n) is 11.4. The average molecular weight is 302 g/mol. The monoisotopic (exact) mass is 302 g/mol. The summed E-state index contributed by atoms with van der Waals surface area (Å²) < 4.78 is 25.5. The van der Waals surface area contributed by atoms with Crippen molar-refractivity contribution in [2.24, 2.45) is 5.73 Å². The Morgan fingerprint density at radius 3 is 2.60 bits per heavy atom. The molecule has 0 fully saturated rings. The van der Waals surface area contributed by atoms with E-state index in [9.17, 15) is 18.5 Å². The van der Waals surface area contributed by atoms with Gasteiger partial charge in [-0.1, -0.05) is 0 Å². The van der Waals surface area contributed by atoms with E-state index in [0.717, 1.165) is 6.07 Å². The van der Waals surface area contributed by atoms with Gasteiger partial charge in [0.05, 0.1) is 9.82 Å². The Morgan fingerprint density at radius 2 is 2.10 bits per heavy atom. The number of nitrogens with one attached hydrogen (secondary N) is 1. The summed E-state index contributed by atoms with van der Waals surface area (Å²) in [5, 5.41) is 11.1. The van der Waals surface area contributed by atoms with Gasteiger partial charge in [-0.2, -0.15) is 0 Å². The van der Waals surface area contributed by atoms with Gasteiger partial charge in [-0.3, -0.25) is 10.1 Å². The first-order chi connectivity index (χ1) is 9.33. The Morgan fingerprint density at radius 1 is 1.45 bits per heavy atom. The van der Waals surface area contributed by atoms with Gasteiger partial charge in [0.1, 0.15) is 5.69 Å². The van der Waals surface area contributed by atoms with Crippen LogP contribution in [0.3, 0.4) is 0 Å². The molecule has 0 heterocycles. The van der Waals surface area contributed by atoms with Crippen molar-refractivity contribution in [1.82, 2.24) is 4.72 Å². The molecule has 20 heavy (non-hydrogen) atoms. The Bertz CT molecular complexity index is 588. The van der Waals surface area contributed by atoms with Crippen molar-refractivity contribution < 1.29 is 13.3 Å². The normalized spacial score (nSPS) is 11.3. The molecule has 0 saturated carbocycles. The van der Waals surface area contributed by atoms with E-state index in [0.29, 0.717) is 25.2 Å². The molecule has 1 rings (SSSR count). The van der Waals surface area contributed by atoms with Crippen LogP contribution in [0, 0.1) is 10.1 Å². The van der Waals surface area contributed by atoms with E-state index in [1.807, 2.05) is 0 Å². The zero-order chi connectivity index (χ0) is 15.3. The van der Waals surface area contributed by atoms with Gasteiger partial charge in [0, 0.05) is 19.7 Å². The molecule has 0 aliphatic rings. The summed E-state index contributed by atoms with van der Waals surface area (Å²) in [5.41, 5.74) is 5.51. The number of benzene rings is 1. The minimum absolute atomic E-state index is 0.136. The quantitative estimate of drug-likeness (QED) is 0.552. The van der Waals surface area contributed by atoms with E-state index in [-0.39, 0.29) is 10.6 Å². The minimum atomic E-state index is -3.71. The molecule has 9 heteroatoms. The van der Waals surface area contributed by atoms with E-state index >= 15 is 0 Å². The van der Waals surface area contributed by atoms with Crippen molar-refractivity contribution in [1.29, 1.82) is 0 Å². The standard InChI is InChI=1S/C11H18N4O4S/c1-13-20(18,19)9-4-5-10(11(8-9)15(16)17)14(2)7-3-6-12/h4-5,8,13H,3,6-7,12H2,1-2H3. The second kappa shape index (κ2) is 6.64. The van der Waals surface area contributed by atoms with Crippen LogP contribution in [0.1, 0.15) is 6.42 Å². The van der Waals surface area contributed by atoms with Gasteiger partial charge in [0.25, 0.3) is 5.69 Å². The third kappa shape index (κ3) is 3.65. The van der Waals surface area contributed by atoms with E-state index in [4.69, 9.17) is 5.73 Å². The van der Waals surface area contributed by atoms with E-state index in [1.54, 1.807) is 11.9 Å². The highest BCUT2D eigenvalue weighted by Gasteiger charge is 2.22. The number of nitro benzene ring substituents is 1. The SMILES string of the molecule is CNS(=O)(=O)c1ccc(N(C)CCCN)c([N+](=O)[O-])c1. The molecule has 0 aliphatic heterocycles. The molecular formula is C11H18N4O4S. The first-order valence-electron chi connectivity index (χ1n) is 5.96. The number of nitrogens with two attached hydrogens (primary N) is 1. The molecule has 0 radical (unpaired) electrons. The predicted octanol–water partition coefficient (Wildman–Crippen LogP) is 0.288. The minimum Gasteiger partial charge on any atom is -0.369 e. The van der Waals surface area contributed by atoms with E-state index in [1.165, 1.54) is 19.2 Å². The largest absolute Gasteiger partial charge is 0.369 e. The van der Waals surface area contributed by atoms with Crippen LogP contribution in [0.4, 0.5) is 11.4 Å². The number of sulfonamides is 1. The smallest absolute Gasteiger partial charge is 0.293 e. The lowest BCUT2D eigenvalue weighted by molar-refractivity contribution is -0.384. The third-order valence-electron chi connectivity index (χ3n) is 2.83. The molecule has 0 atom stereocenters. The van der Waals surface area contributed by atoms with Crippen LogP contribution >= 0.6 is 0 Å². The van der Waals surface area contributed by atoms with Crippen LogP contribution in [0.2, 0.25) is 0 Å². The lowest BCUT2D eigenvalue weighted by atomic mass is 10.2. The number of rotatable bonds is 7. The van der Waals surface area contributed by atoms with Gasteiger partial charge < -0.3 is 10.6 Å². The molecule has 112 valence electrons. The van der Waals surface area contributed by atoms with Gasteiger partial charge >= 0.3 is 0 Å². The third-order valence-corrected chi connectivity index (χ3v) is 4.24. The van der Waals surface area contributed by atoms with Crippen molar-refractivity contribution in [3.8, 4) is 0 Å². The second-order valence-electron chi connectivity index (χ2n) is 4.18. The van der Waals surface area contributed by atoms with E-state index < -0.39 is 14.9 Å². The molecule has 8 nitrogen and oxygen atoms in total. The number of anilines is 1. The maximum Gasteiger partial charge on any atom is 0.293 e. The highest BCUT2D eigenvalue weighted by atomic mass is 32.2.